The molecule has 1 heterocycles. The standard InChI is InChI=1S/C7H8N2O5/c10-3-4(7(12)13)9-6(11)5-1-2-8-14-5/h1-2,4,10H,3H2,(H,9,11)(H,12,13)/t4-/m0/s1. The van der Waals surface area contributed by atoms with E-state index >= 15 is 0 Å². The molecule has 7 nitrogen and oxygen atoms in total. The predicted octanol–water partition coefficient (Wildman–Crippen LogP) is -1.15. The van der Waals surface area contributed by atoms with Crippen LogP contribution in [-0.2, 0) is 4.79 Å². The maximum Gasteiger partial charge on any atom is 0.328 e. The van der Waals surface area contributed by atoms with Gasteiger partial charge < -0.3 is 20.1 Å². The topological polar surface area (TPSA) is 113 Å². The van der Waals surface area contributed by atoms with Crippen molar-refractivity contribution in [2.75, 3.05) is 6.61 Å². The lowest BCUT2D eigenvalue weighted by Crippen LogP contribution is -2.43. The molecule has 0 bridgehead atoms. The molecule has 0 aliphatic rings. The van der Waals surface area contributed by atoms with Gasteiger partial charge in [0.2, 0.25) is 5.76 Å². The Bertz CT molecular complexity index is 321. The molecule has 0 unspecified atom stereocenters. The molecule has 0 radical (unpaired) electrons. The smallest absolute Gasteiger partial charge is 0.328 e. The van der Waals surface area contributed by atoms with E-state index in [-0.39, 0.29) is 5.76 Å². The van der Waals surface area contributed by atoms with Crippen LogP contribution in [-0.4, -0.2) is 39.9 Å². The summed E-state index contributed by atoms with van der Waals surface area (Å²) in [4.78, 5) is 21.6. The van der Waals surface area contributed by atoms with Gasteiger partial charge in [0.15, 0.2) is 6.04 Å². The predicted molar refractivity (Wildman–Crippen MR) is 42.5 cm³/mol. The summed E-state index contributed by atoms with van der Waals surface area (Å²) < 4.78 is 4.48. The van der Waals surface area contributed by atoms with Gasteiger partial charge in [0, 0.05) is 6.07 Å². The molecule has 1 aromatic heterocycles. The minimum absolute atomic E-state index is 0.107. The monoisotopic (exact) mass is 200 g/mol. The zero-order valence-corrected chi connectivity index (χ0v) is 7.01. The van der Waals surface area contributed by atoms with Crippen LogP contribution < -0.4 is 5.32 Å². The van der Waals surface area contributed by atoms with Crippen LogP contribution in [0.1, 0.15) is 10.6 Å². The highest BCUT2D eigenvalue weighted by Gasteiger charge is 2.20. The number of hydrogen-bond donors (Lipinski definition) is 3. The molecule has 0 spiro atoms. The zero-order valence-electron chi connectivity index (χ0n) is 7.01. The first-order valence-corrected chi connectivity index (χ1v) is 3.70. The third-order valence-corrected chi connectivity index (χ3v) is 1.45. The van der Waals surface area contributed by atoms with Gasteiger partial charge in [-0.1, -0.05) is 5.16 Å². The molecule has 0 fully saturated rings. The number of hydrogen-bond acceptors (Lipinski definition) is 5. The van der Waals surface area contributed by atoms with E-state index in [1.54, 1.807) is 0 Å². The second-order valence-corrected chi connectivity index (χ2v) is 2.42. The highest BCUT2D eigenvalue weighted by atomic mass is 16.5. The van der Waals surface area contributed by atoms with Crippen molar-refractivity contribution in [3.05, 3.63) is 18.0 Å². The first-order valence-electron chi connectivity index (χ1n) is 3.70. The van der Waals surface area contributed by atoms with Crippen molar-refractivity contribution in [3.8, 4) is 0 Å². The third kappa shape index (κ3) is 2.30. The number of carboxylic acids is 1. The van der Waals surface area contributed by atoms with Gasteiger partial charge in [0.1, 0.15) is 0 Å². The molecule has 7 heteroatoms. The number of carbonyl (C=O) groups is 2. The van der Waals surface area contributed by atoms with Crippen LogP contribution in [0, 0.1) is 0 Å². The summed E-state index contributed by atoms with van der Waals surface area (Å²) in [7, 11) is 0. The Labute approximate surface area is 78.3 Å². The lowest BCUT2D eigenvalue weighted by atomic mass is 10.3. The van der Waals surface area contributed by atoms with E-state index in [9.17, 15) is 9.59 Å². The molecule has 14 heavy (non-hydrogen) atoms. The van der Waals surface area contributed by atoms with Gasteiger partial charge >= 0.3 is 5.97 Å². The number of amides is 1. The Hall–Kier alpha value is -1.89. The zero-order chi connectivity index (χ0) is 10.6. The molecule has 1 atom stereocenters. The quantitative estimate of drug-likeness (QED) is 0.565. The van der Waals surface area contributed by atoms with E-state index in [0.717, 1.165) is 0 Å². The van der Waals surface area contributed by atoms with E-state index in [2.05, 4.69) is 9.68 Å². The molecule has 0 aromatic carbocycles. The largest absolute Gasteiger partial charge is 0.480 e. The molecular formula is C7H8N2O5. The Balaban J connectivity index is 2.60. The van der Waals surface area contributed by atoms with Crippen LogP contribution in [0.5, 0.6) is 0 Å². The van der Waals surface area contributed by atoms with Gasteiger partial charge in [-0.15, -0.1) is 0 Å². The summed E-state index contributed by atoms with van der Waals surface area (Å²) in [5, 5.41) is 22.4. The summed E-state index contributed by atoms with van der Waals surface area (Å²) in [6, 6.07) is -0.0568. The number of aliphatic carboxylic acids is 1. The first kappa shape index (κ1) is 10.2. The van der Waals surface area contributed by atoms with Gasteiger partial charge in [-0.3, -0.25) is 4.79 Å². The number of aromatic nitrogens is 1. The van der Waals surface area contributed by atoms with Crippen LogP contribution in [0.2, 0.25) is 0 Å². The number of aliphatic hydroxyl groups is 1. The van der Waals surface area contributed by atoms with E-state index in [4.69, 9.17) is 10.2 Å². The fourth-order valence-corrected chi connectivity index (χ4v) is 0.748. The van der Waals surface area contributed by atoms with E-state index in [0.29, 0.717) is 0 Å². The van der Waals surface area contributed by atoms with Crippen molar-refractivity contribution >= 4 is 11.9 Å². The number of nitrogens with zero attached hydrogens (tertiary/aromatic N) is 1. The maximum atomic E-state index is 11.2. The van der Waals surface area contributed by atoms with Crippen molar-refractivity contribution in [1.82, 2.24) is 10.5 Å². The summed E-state index contributed by atoms with van der Waals surface area (Å²) in [6.07, 6.45) is 1.25. The molecule has 76 valence electrons. The van der Waals surface area contributed by atoms with Gasteiger partial charge in [-0.2, -0.15) is 0 Å². The van der Waals surface area contributed by atoms with Crippen LogP contribution in [0.15, 0.2) is 16.8 Å². The summed E-state index contributed by atoms with van der Waals surface area (Å²) in [6.45, 7) is -0.685. The molecule has 0 saturated carbocycles. The molecule has 1 amide bonds. The average molecular weight is 200 g/mol. The van der Waals surface area contributed by atoms with Crippen LogP contribution in [0.25, 0.3) is 0 Å². The van der Waals surface area contributed by atoms with Crippen molar-refractivity contribution < 1.29 is 24.3 Å². The summed E-state index contributed by atoms with van der Waals surface area (Å²) >= 11 is 0. The van der Waals surface area contributed by atoms with Crippen molar-refractivity contribution in [3.63, 3.8) is 0 Å². The molecule has 0 aliphatic carbocycles. The van der Waals surface area contributed by atoms with Gasteiger partial charge in [-0.25, -0.2) is 4.79 Å². The third-order valence-electron chi connectivity index (χ3n) is 1.45. The first-order chi connectivity index (χ1) is 6.65. The minimum Gasteiger partial charge on any atom is -0.480 e. The lowest BCUT2D eigenvalue weighted by molar-refractivity contribution is -0.140. The number of nitrogens with one attached hydrogen (secondary N) is 1. The van der Waals surface area contributed by atoms with E-state index in [1.165, 1.54) is 12.3 Å². The average Bonchev–Trinajstić information content (AvgIpc) is 2.65. The van der Waals surface area contributed by atoms with Gasteiger partial charge in [0.25, 0.3) is 5.91 Å². The summed E-state index contributed by atoms with van der Waals surface area (Å²) in [5.41, 5.74) is 0. The summed E-state index contributed by atoms with van der Waals surface area (Å²) in [5.74, 6) is -2.16. The second kappa shape index (κ2) is 4.38. The fraction of sp³-hybridized carbons (Fsp3) is 0.286. The highest BCUT2D eigenvalue weighted by molar-refractivity contribution is 5.94. The van der Waals surface area contributed by atoms with Gasteiger partial charge in [-0.05, 0) is 0 Å². The number of aliphatic hydroxyl groups excluding tert-OH is 1. The Kier molecular flexibility index (Phi) is 3.19. The Morgan fingerprint density at radius 2 is 2.36 bits per heavy atom. The molecule has 1 rings (SSSR count). The highest BCUT2D eigenvalue weighted by Crippen LogP contribution is 1.96. The maximum absolute atomic E-state index is 11.2. The molecule has 3 N–H and O–H groups in total. The van der Waals surface area contributed by atoms with Crippen LogP contribution in [0.3, 0.4) is 0 Å². The molecule has 0 aliphatic heterocycles. The molecular weight excluding hydrogens is 192 g/mol. The second-order valence-electron chi connectivity index (χ2n) is 2.42. The van der Waals surface area contributed by atoms with Crippen molar-refractivity contribution in [2.24, 2.45) is 0 Å². The van der Waals surface area contributed by atoms with Gasteiger partial charge in [0.05, 0.1) is 12.8 Å². The van der Waals surface area contributed by atoms with Crippen molar-refractivity contribution in [1.29, 1.82) is 0 Å². The minimum atomic E-state index is -1.34. The van der Waals surface area contributed by atoms with Crippen LogP contribution in [0.4, 0.5) is 0 Å². The van der Waals surface area contributed by atoms with E-state index < -0.39 is 24.5 Å². The molecule has 1 aromatic rings. The number of rotatable bonds is 4. The van der Waals surface area contributed by atoms with E-state index in [1.807, 2.05) is 5.32 Å². The number of carbonyl (C=O) groups excluding carboxylic acids is 1. The van der Waals surface area contributed by atoms with Crippen molar-refractivity contribution in [2.45, 2.75) is 6.04 Å². The van der Waals surface area contributed by atoms with Crippen LogP contribution >= 0.6 is 0 Å². The fourth-order valence-electron chi connectivity index (χ4n) is 0.748. The molecule has 0 saturated heterocycles. The Morgan fingerprint density at radius 1 is 1.64 bits per heavy atom. The number of carboxylic acid groups (broad SMARTS) is 1. The lowest BCUT2D eigenvalue weighted by Gasteiger charge is -2.09. The Morgan fingerprint density at radius 3 is 2.79 bits per heavy atom. The SMILES string of the molecule is O=C(N[C@@H](CO)C(=O)O)c1ccno1. The normalized spacial score (nSPS) is 12.1.